The van der Waals surface area contributed by atoms with E-state index in [-0.39, 0.29) is 5.54 Å². The van der Waals surface area contributed by atoms with Crippen LogP contribution < -0.4 is 5.73 Å². The summed E-state index contributed by atoms with van der Waals surface area (Å²) in [5.74, 6) is 3.24. The van der Waals surface area contributed by atoms with Gasteiger partial charge in [-0.05, 0) is 43.9 Å². The van der Waals surface area contributed by atoms with Crippen molar-refractivity contribution in [1.82, 2.24) is 10.1 Å². The van der Waals surface area contributed by atoms with E-state index in [9.17, 15) is 0 Å². The van der Waals surface area contributed by atoms with Crippen LogP contribution >= 0.6 is 0 Å². The molecule has 4 nitrogen and oxygen atoms in total. The van der Waals surface area contributed by atoms with Gasteiger partial charge >= 0.3 is 0 Å². The lowest BCUT2D eigenvalue weighted by Crippen LogP contribution is -2.47. The van der Waals surface area contributed by atoms with Crippen molar-refractivity contribution >= 4 is 0 Å². The molecule has 1 heterocycles. The van der Waals surface area contributed by atoms with Crippen molar-refractivity contribution in [1.29, 1.82) is 0 Å². The Bertz CT molecular complexity index is 413. The highest BCUT2D eigenvalue weighted by molar-refractivity contribution is 5.11. The SMILES string of the molecule is CC1CCC(N)(c2noc(C3CC3)n2)C(C)C1. The van der Waals surface area contributed by atoms with Crippen molar-refractivity contribution in [3.8, 4) is 0 Å². The first-order valence-corrected chi connectivity index (χ1v) is 6.72. The fourth-order valence-electron chi connectivity index (χ4n) is 2.92. The van der Waals surface area contributed by atoms with Gasteiger partial charge in [0.15, 0.2) is 5.82 Å². The molecule has 2 saturated carbocycles. The molecule has 3 atom stereocenters. The molecular formula is C13H21N3O. The quantitative estimate of drug-likeness (QED) is 0.855. The molecule has 0 aliphatic heterocycles. The summed E-state index contributed by atoms with van der Waals surface area (Å²) in [5.41, 5.74) is 6.16. The summed E-state index contributed by atoms with van der Waals surface area (Å²) in [7, 11) is 0. The highest BCUT2D eigenvalue weighted by Crippen LogP contribution is 2.43. The number of hydrogen-bond donors (Lipinski definition) is 1. The lowest BCUT2D eigenvalue weighted by atomic mass is 9.70. The molecule has 0 bridgehead atoms. The van der Waals surface area contributed by atoms with Gasteiger partial charge in [0.2, 0.25) is 5.89 Å². The third-order valence-corrected chi connectivity index (χ3v) is 4.47. The van der Waals surface area contributed by atoms with Crippen molar-refractivity contribution in [2.45, 2.75) is 57.4 Å². The van der Waals surface area contributed by atoms with Crippen LogP contribution in [0.1, 0.15) is 63.6 Å². The van der Waals surface area contributed by atoms with Crippen LogP contribution in [0.3, 0.4) is 0 Å². The van der Waals surface area contributed by atoms with E-state index >= 15 is 0 Å². The van der Waals surface area contributed by atoms with E-state index in [2.05, 4.69) is 24.0 Å². The first kappa shape index (κ1) is 11.2. The fourth-order valence-corrected chi connectivity index (χ4v) is 2.92. The summed E-state index contributed by atoms with van der Waals surface area (Å²) in [5, 5.41) is 4.14. The van der Waals surface area contributed by atoms with Crippen LogP contribution in [0.5, 0.6) is 0 Å². The maximum Gasteiger partial charge on any atom is 0.229 e. The minimum absolute atomic E-state index is 0.372. The summed E-state index contributed by atoms with van der Waals surface area (Å²) in [4.78, 5) is 4.54. The number of nitrogens with zero attached hydrogens (tertiary/aromatic N) is 2. The molecule has 0 spiro atoms. The highest BCUT2D eigenvalue weighted by Gasteiger charge is 2.43. The molecular weight excluding hydrogens is 214 g/mol. The van der Waals surface area contributed by atoms with E-state index in [1.165, 1.54) is 12.8 Å². The predicted octanol–water partition coefficient (Wildman–Crippen LogP) is 2.56. The van der Waals surface area contributed by atoms with Crippen molar-refractivity contribution in [2.24, 2.45) is 17.6 Å². The molecule has 2 aliphatic rings. The second kappa shape index (κ2) is 3.80. The van der Waals surface area contributed by atoms with Crippen LogP contribution in [0.4, 0.5) is 0 Å². The summed E-state index contributed by atoms with van der Waals surface area (Å²) in [6.07, 6.45) is 5.66. The maximum atomic E-state index is 6.54. The second-order valence-electron chi connectivity index (χ2n) is 6.05. The normalized spacial score (nSPS) is 38.3. The van der Waals surface area contributed by atoms with Crippen molar-refractivity contribution in [3.05, 3.63) is 11.7 Å². The third-order valence-electron chi connectivity index (χ3n) is 4.47. The van der Waals surface area contributed by atoms with Crippen molar-refractivity contribution in [3.63, 3.8) is 0 Å². The van der Waals surface area contributed by atoms with E-state index in [4.69, 9.17) is 10.3 Å². The molecule has 1 aromatic heterocycles. The minimum atomic E-state index is -0.372. The van der Waals surface area contributed by atoms with Gasteiger partial charge in [-0.15, -0.1) is 0 Å². The summed E-state index contributed by atoms with van der Waals surface area (Å²) in [6.45, 7) is 4.50. The number of rotatable bonds is 2. The molecule has 1 aromatic rings. The molecule has 2 N–H and O–H groups in total. The number of nitrogens with two attached hydrogens (primary N) is 1. The van der Waals surface area contributed by atoms with E-state index in [1.54, 1.807) is 0 Å². The Morgan fingerprint density at radius 1 is 1.29 bits per heavy atom. The molecule has 0 saturated heterocycles. The van der Waals surface area contributed by atoms with Gasteiger partial charge in [0.05, 0.1) is 5.54 Å². The monoisotopic (exact) mass is 235 g/mol. The van der Waals surface area contributed by atoms with Gasteiger partial charge in [-0.2, -0.15) is 4.98 Å². The molecule has 0 amide bonds. The average molecular weight is 235 g/mol. The van der Waals surface area contributed by atoms with Crippen LogP contribution in [0, 0.1) is 11.8 Å². The van der Waals surface area contributed by atoms with Gasteiger partial charge in [0.25, 0.3) is 0 Å². The minimum Gasteiger partial charge on any atom is -0.339 e. The summed E-state index contributed by atoms with van der Waals surface area (Å²) < 4.78 is 5.34. The van der Waals surface area contributed by atoms with Gasteiger partial charge < -0.3 is 10.3 Å². The summed E-state index contributed by atoms with van der Waals surface area (Å²) >= 11 is 0. The average Bonchev–Trinajstić information content (AvgIpc) is 3.02. The predicted molar refractivity (Wildman–Crippen MR) is 64.3 cm³/mol. The first-order valence-electron chi connectivity index (χ1n) is 6.72. The van der Waals surface area contributed by atoms with E-state index < -0.39 is 0 Å². The molecule has 4 heteroatoms. The molecule has 2 aliphatic carbocycles. The first-order chi connectivity index (χ1) is 8.09. The smallest absolute Gasteiger partial charge is 0.229 e. The van der Waals surface area contributed by atoms with Gasteiger partial charge in [0, 0.05) is 5.92 Å². The fraction of sp³-hybridized carbons (Fsp3) is 0.846. The standard InChI is InChI=1S/C13H21N3O/c1-8-5-6-13(14,9(2)7-8)12-15-11(17-16-12)10-3-4-10/h8-10H,3-7,14H2,1-2H3. The maximum absolute atomic E-state index is 6.54. The van der Waals surface area contributed by atoms with Gasteiger partial charge in [-0.1, -0.05) is 19.0 Å². The zero-order valence-electron chi connectivity index (χ0n) is 10.6. The zero-order valence-corrected chi connectivity index (χ0v) is 10.6. The second-order valence-corrected chi connectivity index (χ2v) is 6.05. The summed E-state index contributed by atoms with van der Waals surface area (Å²) in [6, 6.07) is 0. The molecule has 3 unspecified atom stereocenters. The topological polar surface area (TPSA) is 64.9 Å². The zero-order chi connectivity index (χ0) is 12.0. The Morgan fingerprint density at radius 2 is 2.06 bits per heavy atom. The number of aromatic nitrogens is 2. The Hall–Kier alpha value is -0.900. The molecule has 2 fully saturated rings. The van der Waals surface area contributed by atoms with Gasteiger partial charge in [0.1, 0.15) is 0 Å². The third kappa shape index (κ3) is 1.88. The van der Waals surface area contributed by atoms with Crippen LogP contribution in [0.25, 0.3) is 0 Å². The van der Waals surface area contributed by atoms with Crippen LogP contribution in [0.2, 0.25) is 0 Å². The Balaban J connectivity index is 1.84. The lowest BCUT2D eigenvalue weighted by Gasteiger charge is -2.39. The Kier molecular flexibility index (Phi) is 2.51. The van der Waals surface area contributed by atoms with E-state index in [0.29, 0.717) is 11.8 Å². The molecule has 17 heavy (non-hydrogen) atoms. The number of hydrogen-bond acceptors (Lipinski definition) is 4. The van der Waals surface area contributed by atoms with Crippen LogP contribution in [0.15, 0.2) is 4.52 Å². The molecule has 0 aromatic carbocycles. The van der Waals surface area contributed by atoms with E-state index in [0.717, 1.165) is 36.9 Å². The Morgan fingerprint density at radius 3 is 2.71 bits per heavy atom. The van der Waals surface area contributed by atoms with Crippen molar-refractivity contribution < 1.29 is 4.52 Å². The van der Waals surface area contributed by atoms with E-state index in [1.807, 2.05) is 0 Å². The molecule has 0 radical (unpaired) electrons. The molecule has 3 rings (SSSR count). The van der Waals surface area contributed by atoms with Crippen molar-refractivity contribution in [2.75, 3.05) is 0 Å². The Labute approximate surface area is 102 Å². The lowest BCUT2D eigenvalue weighted by molar-refractivity contribution is 0.152. The molecule has 94 valence electrons. The van der Waals surface area contributed by atoms with Gasteiger partial charge in [-0.25, -0.2) is 0 Å². The van der Waals surface area contributed by atoms with Crippen LogP contribution in [-0.2, 0) is 5.54 Å². The van der Waals surface area contributed by atoms with Gasteiger partial charge in [-0.3, -0.25) is 0 Å². The highest BCUT2D eigenvalue weighted by atomic mass is 16.5. The largest absolute Gasteiger partial charge is 0.339 e. The van der Waals surface area contributed by atoms with Crippen LogP contribution in [-0.4, -0.2) is 10.1 Å².